The molecule has 0 saturated carbocycles. The van der Waals surface area contributed by atoms with E-state index in [2.05, 4.69) is 27.7 Å². The Bertz CT molecular complexity index is 62.1. The predicted octanol–water partition coefficient (Wildman–Crippen LogP) is 4.89. The van der Waals surface area contributed by atoms with Gasteiger partial charge in [-0.1, -0.05) is 67.2 Å². The first-order chi connectivity index (χ1) is 5.13. The monoisotopic (exact) mass is 172 g/mol. The molecule has 0 fully saturated rings. The third-order valence-corrected chi connectivity index (χ3v) is 2.06. The fourth-order valence-corrected chi connectivity index (χ4v) is 1.28. The number of hydrogen-bond acceptors (Lipinski definition) is 0. The highest BCUT2D eigenvalue weighted by Gasteiger charge is 1.95. The Kier molecular flexibility index (Phi) is 11.0. The molecule has 0 aromatic rings. The van der Waals surface area contributed by atoms with Gasteiger partial charge in [-0.3, -0.25) is 0 Å². The zero-order valence-electron chi connectivity index (χ0n) is 8.69. The molecule has 0 aliphatic heterocycles. The van der Waals surface area contributed by atoms with Crippen molar-refractivity contribution in [1.82, 2.24) is 0 Å². The summed E-state index contributed by atoms with van der Waals surface area (Å²) in [5.41, 5.74) is 0. The third-order valence-electron chi connectivity index (χ3n) is 2.06. The first-order valence-corrected chi connectivity index (χ1v) is 5.13. The Hall–Kier alpha value is 0. The van der Waals surface area contributed by atoms with Crippen molar-refractivity contribution in [2.24, 2.45) is 11.8 Å². The highest BCUT2D eigenvalue weighted by atomic mass is 14.0. The Balaban J connectivity index is 0. The van der Waals surface area contributed by atoms with Crippen molar-refractivity contribution < 1.29 is 0 Å². The number of hydrogen-bond donors (Lipinski definition) is 0. The summed E-state index contributed by atoms with van der Waals surface area (Å²) in [4.78, 5) is 0. The van der Waals surface area contributed by atoms with E-state index in [1.54, 1.807) is 0 Å². The van der Waals surface area contributed by atoms with Gasteiger partial charge in [-0.2, -0.15) is 0 Å². The fourth-order valence-electron chi connectivity index (χ4n) is 1.28. The Morgan fingerprint density at radius 1 is 0.667 bits per heavy atom. The van der Waals surface area contributed by atoms with Crippen LogP contribution in [0.1, 0.15) is 67.2 Å². The summed E-state index contributed by atoms with van der Waals surface area (Å²) in [6.07, 6.45) is 7.14. The van der Waals surface area contributed by atoms with Crippen molar-refractivity contribution in [1.29, 1.82) is 0 Å². The zero-order chi connectivity index (χ0) is 8.69. The van der Waals surface area contributed by atoms with E-state index in [1.807, 2.05) is 0 Å². The van der Waals surface area contributed by atoms with Gasteiger partial charge in [-0.15, -0.1) is 0 Å². The molecule has 0 rings (SSSR count). The minimum absolute atomic E-state index is 0. The van der Waals surface area contributed by atoms with Gasteiger partial charge in [-0.25, -0.2) is 0 Å². The van der Waals surface area contributed by atoms with Gasteiger partial charge >= 0.3 is 0 Å². The largest absolute Gasteiger partial charge is 0.0776 e. The highest BCUT2D eigenvalue weighted by Crippen LogP contribution is 2.12. The molecule has 0 N–H and O–H groups in total. The molecule has 0 heteroatoms. The average Bonchev–Trinajstić information content (AvgIpc) is 1.85. The molecule has 0 aromatic heterocycles. The maximum Gasteiger partial charge on any atom is -0.0471 e. The molecule has 0 bridgehead atoms. The van der Waals surface area contributed by atoms with Crippen molar-refractivity contribution in [2.75, 3.05) is 0 Å². The molecule has 0 aromatic carbocycles. The Morgan fingerprint density at radius 2 is 1.00 bits per heavy atom. The smallest absolute Gasteiger partial charge is 0.0471 e. The van der Waals surface area contributed by atoms with E-state index in [-0.39, 0.29) is 7.43 Å². The van der Waals surface area contributed by atoms with Gasteiger partial charge in [-0.05, 0) is 11.8 Å². The van der Waals surface area contributed by atoms with Crippen molar-refractivity contribution >= 4 is 0 Å². The van der Waals surface area contributed by atoms with Gasteiger partial charge in [0.25, 0.3) is 0 Å². The standard InChI is InChI=1S/C11H24.CH4/c1-10(2)8-6-5-7-9-11(3)4;/h10-11H,5-9H2,1-4H3;1H4. The van der Waals surface area contributed by atoms with Crippen LogP contribution in [-0.4, -0.2) is 0 Å². The van der Waals surface area contributed by atoms with E-state index in [1.165, 1.54) is 32.1 Å². The summed E-state index contributed by atoms with van der Waals surface area (Å²) >= 11 is 0. The van der Waals surface area contributed by atoms with Crippen LogP contribution in [0.4, 0.5) is 0 Å². The summed E-state index contributed by atoms with van der Waals surface area (Å²) in [6, 6.07) is 0. The van der Waals surface area contributed by atoms with Crippen LogP contribution < -0.4 is 0 Å². The first-order valence-electron chi connectivity index (χ1n) is 5.13. The van der Waals surface area contributed by atoms with E-state index < -0.39 is 0 Å². The van der Waals surface area contributed by atoms with Crippen molar-refractivity contribution in [3.63, 3.8) is 0 Å². The summed E-state index contributed by atoms with van der Waals surface area (Å²) in [5, 5.41) is 0. The molecule has 0 saturated heterocycles. The summed E-state index contributed by atoms with van der Waals surface area (Å²) in [7, 11) is 0. The predicted molar refractivity (Wildman–Crippen MR) is 59.5 cm³/mol. The molecule has 0 heterocycles. The molecule has 12 heavy (non-hydrogen) atoms. The average molecular weight is 172 g/mol. The van der Waals surface area contributed by atoms with Crippen LogP contribution in [0.15, 0.2) is 0 Å². The maximum atomic E-state index is 2.31. The lowest BCUT2D eigenvalue weighted by Crippen LogP contribution is -1.89. The summed E-state index contributed by atoms with van der Waals surface area (Å²) < 4.78 is 0. The Labute approximate surface area is 79.8 Å². The molecule has 0 atom stereocenters. The molecular formula is C12H28. The van der Waals surface area contributed by atoms with Crippen LogP contribution in [0.2, 0.25) is 0 Å². The van der Waals surface area contributed by atoms with E-state index in [0.717, 1.165) is 11.8 Å². The Morgan fingerprint density at radius 3 is 1.25 bits per heavy atom. The van der Waals surface area contributed by atoms with Gasteiger partial charge in [0.2, 0.25) is 0 Å². The molecule has 0 amide bonds. The molecule has 0 nitrogen and oxygen atoms in total. The lowest BCUT2D eigenvalue weighted by molar-refractivity contribution is 0.486. The van der Waals surface area contributed by atoms with Gasteiger partial charge in [0.15, 0.2) is 0 Å². The van der Waals surface area contributed by atoms with Crippen LogP contribution >= 0.6 is 0 Å². The second-order valence-electron chi connectivity index (χ2n) is 4.43. The second-order valence-corrected chi connectivity index (χ2v) is 4.43. The fraction of sp³-hybridized carbons (Fsp3) is 1.00. The van der Waals surface area contributed by atoms with E-state index in [4.69, 9.17) is 0 Å². The van der Waals surface area contributed by atoms with E-state index >= 15 is 0 Å². The van der Waals surface area contributed by atoms with Crippen LogP contribution in [0.5, 0.6) is 0 Å². The lowest BCUT2D eigenvalue weighted by Gasteiger charge is -2.05. The molecule has 76 valence electrons. The van der Waals surface area contributed by atoms with E-state index in [0.29, 0.717) is 0 Å². The summed E-state index contributed by atoms with van der Waals surface area (Å²) in [6.45, 7) is 9.23. The second kappa shape index (κ2) is 9.09. The topological polar surface area (TPSA) is 0 Å². The zero-order valence-corrected chi connectivity index (χ0v) is 8.69. The van der Waals surface area contributed by atoms with Crippen LogP contribution in [0.25, 0.3) is 0 Å². The lowest BCUT2D eigenvalue weighted by atomic mass is 10.0. The minimum atomic E-state index is 0. The quantitative estimate of drug-likeness (QED) is 0.501. The molecule has 0 radical (unpaired) electrons. The SMILES string of the molecule is C.CC(C)CCCCCC(C)C. The molecule has 0 spiro atoms. The van der Waals surface area contributed by atoms with Crippen molar-refractivity contribution in [3.8, 4) is 0 Å². The third kappa shape index (κ3) is 12.7. The molecular weight excluding hydrogens is 144 g/mol. The van der Waals surface area contributed by atoms with E-state index in [9.17, 15) is 0 Å². The van der Waals surface area contributed by atoms with Crippen molar-refractivity contribution in [2.45, 2.75) is 67.2 Å². The van der Waals surface area contributed by atoms with Gasteiger partial charge in [0.05, 0.1) is 0 Å². The first kappa shape index (κ1) is 14.5. The minimum Gasteiger partial charge on any atom is -0.0776 e. The number of unbranched alkanes of at least 4 members (excludes halogenated alkanes) is 2. The normalized spacial score (nSPS) is 10.5. The van der Waals surface area contributed by atoms with Gasteiger partial charge < -0.3 is 0 Å². The van der Waals surface area contributed by atoms with Crippen LogP contribution in [-0.2, 0) is 0 Å². The highest BCUT2D eigenvalue weighted by molar-refractivity contribution is 4.49. The molecule has 0 unspecified atom stereocenters. The van der Waals surface area contributed by atoms with Crippen LogP contribution in [0.3, 0.4) is 0 Å². The molecule has 0 aliphatic carbocycles. The van der Waals surface area contributed by atoms with Gasteiger partial charge in [0, 0.05) is 0 Å². The number of rotatable bonds is 6. The van der Waals surface area contributed by atoms with Crippen molar-refractivity contribution in [3.05, 3.63) is 0 Å². The van der Waals surface area contributed by atoms with Crippen LogP contribution in [0, 0.1) is 11.8 Å². The molecule has 0 aliphatic rings. The summed E-state index contributed by atoms with van der Waals surface area (Å²) in [5.74, 6) is 1.79. The van der Waals surface area contributed by atoms with Gasteiger partial charge in [0.1, 0.15) is 0 Å². The maximum absolute atomic E-state index is 2.31.